The van der Waals surface area contributed by atoms with Crippen molar-refractivity contribution in [1.82, 2.24) is 0 Å². The number of unbranched alkanes of at least 4 members (excludes halogenated alkanes) is 21. The molecule has 0 saturated carbocycles. The summed E-state index contributed by atoms with van der Waals surface area (Å²) in [6.45, 7) is 2.37. The maximum absolute atomic E-state index is 12.9. The monoisotopic (exact) mass is 1340 g/mol. The fourth-order valence-electron chi connectivity index (χ4n) is 8.97. The van der Waals surface area contributed by atoms with E-state index in [2.05, 4.69) is 154 Å². The lowest BCUT2D eigenvalue weighted by Crippen LogP contribution is -2.30. The van der Waals surface area contributed by atoms with Crippen LogP contribution >= 0.6 is 15.6 Å². The van der Waals surface area contributed by atoms with E-state index < -0.39 is 91.5 Å². The van der Waals surface area contributed by atoms with Gasteiger partial charge in [-0.05, 0) is 135 Å². The average molecular weight is 1350 g/mol. The van der Waals surface area contributed by atoms with Crippen molar-refractivity contribution in [3.8, 4) is 0 Å². The Morgan fingerprint density at radius 2 is 0.570 bits per heavy atom. The highest BCUT2D eigenvalue weighted by atomic mass is 31.2. The highest BCUT2D eigenvalue weighted by Crippen LogP contribution is 2.45. The second kappa shape index (κ2) is 67.7. The zero-order valence-electron chi connectivity index (χ0n) is 57.6. The van der Waals surface area contributed by atoms with Gasteiger partial charge in [0.1, 0.15) is 25.4 Å². The van der Waals surface area contributed by atoms with Crippen molar-refractivity contribution in [1.29, 1.82) is 0 Å². The van der Waals surface area contributed by atoms with Crippen LogP contribution in [0.5, 0.6) is 0 Å². The molecule has 0 aliphatic carbocycles. The largest absolute Gasteiger partial charge is 0.472 e. The molecular formula is C75H126O16P2. The van der Waals surface area contributed by atoms with Gasteiger partial charge in [-0.1, -0.05) is 244 Å². The Labute approximate surface area is 563 Å². The van der Waals surface area contributed by atoms with Gasteiger partial charge in [-0.25, -0.2) is 9.13 Å². The number of aliphatic hydroxyl groups is 2. The van der Waals surface area contributed by atoms with Gasteiger partial charge in [0.25, 0.3) is 0 Å². The highest BCUT2D eigenvalue weighted by molar-refractivity contribution is 7.47. The van der Waals surface area contributed by atoms with Gasteiger partial charge in [0.15, 0.2) is 6.10 Å². The molecule has 0 aromatic carbocycles. The van der Waals surface area contributed by atoms with Crippen LogP contribution in [0.1, 0.15) is 265 Å². The molecule has 0 radical (unpaired) electrons. The molecular weight excluding hydrogens is 1220 g/mol. The Balaban J connectivity index is 4.68. The van der Waals surface area contributed by atoms with E-state index in [0.29, 0.717) is 19.3 Å². The van der Waals surface area contributed by atoms with Gasteiger partial charge in [-0.3, -0.25) is 32.5 Å². The number of carbonyl (C=O) groups excluding carboxylic acids is 3. The number of hydrogen-bond donors (Lipinski definition) is 4. The molecule has 0 amide bonds. The Kier molecular flexibility index (Phi) is 64.5. The molecule has 0 aromatic rings. The van der Waals surface area contributed by atoms with Crippen LogP contribution in [-0.4, -0.2) is 95.9 Å². The molecule has 0 fully saturated rings. The van der Waals surface area contributed by atoms with Crippen molar-refractivity contribution >= 4 is 33.6 Å². The lowest BCUT2D eigenvalue weighted by Gasteiger charge is -2.21. The minimum absolute atomic E-state index is 0.0837. The van der Waals surface area contributed by atoms with Gasteiger partial charge in [0, 0.05) is 19.3 Å². The molecule has 0 spiro atoms. The van der Waals surface area contributed by atoms with Crippen molar-refractivity contribution < 1.29 is 75.8 Å². The van der Waals surface area contributed by atoms with Crippen LogP contribution in [0.25, 0.3) is 0 Å². The van der Waals surface area contributed by atoms with Crippen LogP contribution in [0, 0.1) is 0 Å². The first-order valence-corrected chi connectivity index (χ1v) is 38.5. The van der Waals surface area contributed by atoms with Gasteiger partial charge < -0.3 is 34.2 Å². The first kappa shape index (κ1) is 88.7. The number of allylic oxidation sites excluding steroid dienone is 22. The Bertz CT molecular complexity index is 2230. The number of phosphoric acid groups is 2. The number of rotatable bonds is 66. The Morgan fingerprint density at radius 3 is 0.925 bits per heavy atom. The van der Waals surface area contributed by atoms with E-state index in [9.17, 15) is 43.5 Å². The Morgan fingerprint density at radius 1 is 0.312 bits per heavy atom. The lowest BCUT2D eigenvalue weighted by atomic mass is 10.1. The van der Waals surface area contributed by atoms with Crippen molar-refractivity contribution in [2.45, 2.75) is 283 Å². The second-order valence-electron chi connectivity index (χ2n) is 23.3. The zero-order chi connectivity index (χ0) is 68.1. The predicted molar refractivity (Wildman–Crippen MR) is 380 cm³/mol. The summed E-state index contributed by atoms with van der Waals surface area (Å²) < 4.78 is 60.9. The van der Waals surface area contributed by atoms with E-state index in [0.717, 1.165) is 167 Å². The summed E-state index contributed by atoms with van der Waals surface area (Å²) in [4.78, 5) is 58.4. The lowest BCUT2D eigenvalue weighted by molar-refractivity contribution is -0.161. The van der Waals surface area contributed by atoms with Crippen LogP contribution < -0.4 is 0 Å². The summed E-state index contributed by atoms with van der Waals surface area (Å²) in [7, 11) is -9.80. The molecule has 16 nitrogen and oxygen atoms in total. The van der Waals surface area contributed by atoms with Crippen LogP contribution in [0.3, 0.4) is 0 Å². The zero-order valence-corrected chi connectivity index (χ0v) is 59.4. The highest BCUT2D eigenvalue weighted by Gasteiger charge is 2.29. The summed E-state index contributed by atoms with van der Waals surface area (Å²) in [5, 5.41) is 20.6. The fraction of sp³-hybridized carbons (Fsp3) is 0.667. The number of aliphatic hydroxyl groups excluding tert-OH is 2. The van der Waals surface area contributed by atoms with E-state index in [1.54, 1.807) is 0 Å². The summed E-state index contributed by atoms with van der Waals surface area (Å²) in [6.07, 6.45) is 79.2. The number of ether oxygens (including phenoxy) is 3. The summed E-state index contributed by atoms with van der Waals surface area (Å²) in [6, 6.07) is 0. The second-order valence-corrected chi connectivity index (χ2v) is 26.2. The van der Waals surface area contributed by atoms with Crippen molar-refractivity contribution in [3.05, 3.63) is 134 Å². The first-order valence-electron chi connectivity index (χ1n) is 35.5. The molecule has 0 aliphatic heterocycles. The molecule has 0 aliphatic rings. The predicted octanol–water partition coefficient (Wildman–Crippen LogP) is 20.0. The van der Waals surface area contributed by atoms with E-state index in [1.165, 1.54) is 38.5 Å². The smallest absolute Gasteiger partial charge is 0.463 e. The quantitative estimate of drug-likeness (QED) is 0.0146. The van der Waals surface area contributed by atoms with Crippen LogP contribution in [0.15, 0.2) is 134 Å². The summed E-state index contributed by atoms with van der Waals surface area (Å²) in [5.41, 5.74) is 0. The number of hydrogen-bond acceptors (Lipinski definition) is 14. The van der Waals surface area contributed by atoms with E-state index in [-0.39, 0.29) is 19.3 Å². The standard InChI is InChI=1S/C75H126O16P2/c1-4-7-10-13-16-19-22-25-28-30-32-33-34-35-37-39-41-43-46-49-52-55-58-61-73(78)85-64-70(76)65-87-92(81,82)88-66-71(77)67-89-93(83,84)90-69-72(91-75(80)63-60-57-54-51-48-45-40-27-24-21-18-15-12-9-6-3)68-86-74(79)62-59-56-53-50-47-44-42-38-36-31-29-26-23-20-17-14-11-8-5-2/h7-8,10-11,16-17,19-20,25-29,32-33,35-38,40,44,47,70-72,76-77H,4-6,9,12-15,18,21-24,30-31,34,39,41-43,45-46,48-69H2,1-3H3,(H,81,82)(H,83,84)/b10-7-,11-8-,19-16-,20-17-,28-25-,29-26-,33-32-,37-35-,38-36-,40-27-,47-44-. The number of phosphoric ester groups is 2. The van der Waals surface area contributed by atoms with Crippen molar-refractivity contribution in [2.75, 3.05) is 39.6 Å². The third-order valence-corrected chi connectivity index (χ3v) is 16.2. The van der Waals surface area contributed by atoms with E-state index >= 15 is 0 Å². The molecule has 0 bridgehead atoms. The molecule has 18 heteroatoms. The number of carbonyl (C=O) groups is 3. The van der Waals surface area contributed by atoms with E-state index in [4.69, 9.17) is 32.3 Å². The van der Waals surface area contributed by atoms with Crippen molar-refractivity contribution in [3.63, 3.8) is 0 Å². The van der Waals surface area contributed by atoms with Gasteiger partial charge in [0.2, 0.25) is 0 Å². The molecule has 93 heavy (non-hydrogen) atoms. The van der Waals surface area contributed by atoms with Crippen LogP contribution in [0.2, 0.25) is 0 Å². The van der Waals surface area contributed by atoms with Crippen LogP contribution in [0.4, 0.5) is 0 Å². The van der Waals surface area contributed by atoms with Gasteiger partial charge >= 0.3 is 33.6 Å². The summed E-state index contributed by atoms with van der Waals surface area (Å²) in [5.74, 6) is -1.64. The SMILES string of the molecule is CC/C=C\C/C=C\C/C=C\C/C=C\C/C=C\CCCCCCCCCC(=O)OCC(O)COP(=O)(O)OCC(O)COP(=O)(O)OCC(COC(=O)CCCCC/C=C\C/C=C\C/C=C\C/C=C\C/C=C\CC)OC(=O)CCCCCCC/C=C\CCCCCCCC. The normalized spacial score (nSPS) is 15.0. The molecule has 532 valence electrons. The van der Waals surface area contributed by atoms with Gasteiger partial charge in [-0.15, -0.1) is 0 Å². The molecule has 4 N–H and O–H groups in total. The van der Waals surface area contributed by atoms with Gasteiger partial charge in [0.05, 0.1) is 26.4 Å². The number of esters is 3. The summed E-state index contributed by atoms with van der Waals surface area (Å²) >= 11 is 0. The fourth-order valence-corrected chi connectivity index (χ4v) is 10.6. The Hall–Kier alpha value is -4.31. The molecule has 5 unspecified atom stereocenters. The third-order valence-electron chi connectivity index (χ3n) is 14.3. The topological polar surface area (TPSA) is 231 Å². The maximum atomic E-state index is 12.9. The minimum Gasteiger partial charge on any atom is -0.463 e. The maximum Gasteiger partial charge on any atom is 0.472 e. The van der Waals surface area contributed by atoms with Gasteiger partial charge in [-0.2, -0.15) is 0 Å². The van der Waals surface area contributed by atoms with Crippen molar-refractivity contribution in [2.24, 2.45) is 0 Å². The van der Waals surface area contributed by atoms with Crippen LogP contribution in [-0.2, 0) is 55.8 Å². The average Bonchev–Trinajstić information content (AvgIpc) is 3.74. The minimum atomic E-state index is -4.94. The van der Waals surface area contributed by atoms with E-state index in [1.807, 2.05) is 0 Å². The third kappa shape index (κ3) is 68.9. The molecule has 0 saturated heterocycles. The molecule has 0 rings (SSSR count). The first-order chi connectivity index (χ1) is 45.2. The molecule has 0 heterocycles. The molecule has 5 atom stereocenters. The molecule has 0 aromatic heterocycles.